The first-order valence-corrected chi connectivity index (χ1v) is 16.2. The van der Waals surface area contributed by atoms with Crippen LogP contribution in [0.4, 0.5) is 9.59 Å². The maximum Gasteiger partial charge on any atom is 0.410 e. The zero-order valence-electron chi connectivity index (χ0n) is 27.6. The molecule has 2 N–H and O–H groups in total. The molecule has 0 bridgehead atoms. The van der Waals surface area contributed by atoms with Crippen molar-refractivity contribution in [2.24, 2.45) is 0 Å². The molecule has 2 atom stereocenters. The molecule has 4 aromatic rings. The molecule has 2 aliphatic rings. The van der Waals surface area contributed by atoms with Crippen LogP contribution < -0.4 is 0 Å². The van der Waals surface area contributed by atoms with Gasteiger partial charge in [-0.1, -0.05) is 36.4 Å². The summed E-state index contributed by atoms with van der Waals surface area (Å²) in [6.07, 6.45) is 6.64. The summed E-state index contributed by atoms with van der Waals surface area (Å²) in [5.74, 6) is 1.54. The van der Waals surface area contributed by atoms with Crippen LogP contribution in [-0.2, 0) is 9.47 Å². The minimum Gasteiger partial charge on any atom is -0.444 e. The first kappa shape index (κ1) is 31.4. The standard InChI is InChI=1S/C36H44N6O4/c1-35(2,3)45-33(43)41-17-9-15-29(41)31-37-21-27(39-31)25-13-7-11-23(19-25)24-12-8-14-26(20-24)28-22-38-32(40-28)30-16-10-18-42(30)34(44)46-36(4,5)6/h7-8,11-14,19-22,29-30H,9-10,15-18H2,1-6H3,(H,37,39)(H,38,40)/t29-,30-/m0/s1. The first-order valence-electron chi connectivity index (χ1n) is 16.2. The summed E-state index contributed by atoms with van der Waals surface area (Å²) >= 11 is 0. The molecule has 0 spiro atoms. The molecule has 0 saturated carbocycles. The Bertz CT molecular complexity index is 1590. The second-order valence-electron chi connectivity index (χ2n) is 14.2. The average Bonchev–Trinajstić information content (AvgIpc) is 3.81. The number of nitrogens with one attached hydrogen (secondary N) is 2. The Morgan fingerprint density at radius 1 is 0.761 bits per heavy atom. The van der Waals surface area contributed by atoms with E-state index >= 15 is 0 Å². The zero-order valence-corrected chi connectivity index (χ0v) is 27.6. The second kappa shape index (κ2) is 12.3. The number of H-pyrrole nitrogens is 2. The van der Waals surface area contributed by atoms with E-state index < -0.39 is 11.2 Å². The van der Waals surface area contributed by atoms with Gasteiger partial charge in [-0.15, -0.1) is 0 Å². The largest absolute Gasteiger partial charge is 0.444 e. The van der Waals surface area contributed by atoms with Crippen molar-refractivity contribution in [1.29, 1.82) is 0 Å². The number of carbonyl (C=O) groups is 2. The fourth-order valence-corrected chi connectivity index (χ4v) is 6.21. The van der Waals surface area contributed by atoms with E-state index in [1.165, 1.54) is 0 Å². The second-order valence-corrected chi connectivity index (χ2v) is 14.2. The van der Waals surface area contributed by atoms with E-state index in [0.29, 0.717) is 13.1 Å². The fraction of sp³-hybridized carbons (Fsp3) is 0.444. The van der Waals surface area contributed by atoms with Crippen LogP contribution in [0.2, 0.25) is 0 Å². The minimum absolute atomic E-state index is 0.136. The van der Waals surface area contributed by atoms with Crippen LogP contribution in [0.3, 0.4) is 0 Å². The van der Waals surface area contributed by atoms with E-state index in [2.05, 4.69) is 45.3 Å². The van der Waals surface area contributed by atoms with Crippen LogP contribution in [0.15, 0.2) is 60.9 Å². The van der Waals surface area contributed by atoms with E-state index in [0.717, 1.165) is 71.0 Å². The van der Waals surface area contributed by atoms with Crippen LogP contribution >= 0.6 is 0 Å². The Kier molecular flexibility index (Phi) is 8.39. The van der Waals surface area contributed by atoms with Gasteiger partial charge in [0.05, 0.1) is 29.7 Å². The van der Waals surface area contributed by atoms with Crippen molar-refractivity contribution in [2.45, 2.75) is 90.5 Å². The highest BCUT2D eigenvalue weighted by atomic mass is 16.6. The molecule has 2 fully saturated rings. The number of ether oxygens (including phenoxy) is 2. The fourth-order valence-electron chi connectivity index (χ4n) is 6.21. The molecule has 4 heterocycles. The third kappa shape index (κ3) is 6.95. The summed E-state index contributed by atoms with van der Waals surface area (Å²) in [4.78, 5) is 45.6. The Morgan fingerprint density at radius 3 is 1.87 bits per heavy atom. The Hall–Kier alpha value is -4.60. The number of amides is 2. The van der Waals surface area contributed by atoms with Gasteiger partial charge in [-0.25, -0.2) is 19.6 Å². The molecular weight excluding hydrogens is 580 g/mol. The lowest BCUT2D eigenvalue weighted by molar-refractivity contribution is 0.0208. The molecule has 2 aromatic carbocycles. The van der Waals surface area contributed by atoms with Crippen molar-refractivity contribution < 1.29 is 19.1 Å². The van der Waals surface area contributed by atoms with E-state index in [-0.39, 0.29) is 24.3 Å². The van der Waals surface area contributed by atoms with Crippen LogP contribution in [0.1, 0.15) is 91.0 Å². The van der Waals surface area contributed by atoms with Crippen molar-refractivity contribution >= 4 is 12.2 Å². The van der Waals surface area contributed by atoms with Crippen molar-refractivity contribution in [3.05, 3.63) is 72.6 Å². The van der Waals surface area contributed by atoms with Gasteiger partial charge in [-0.05, 0) is 90.5 Å². The number of carbonyl (C=O) groups excluding carboxylic acids is 2. The van der Waals surface area contributed by atoms with Gasteiger partial charge >= 0.3 is 12.2 Å². The van der Waals surface area contributed by atoms with Crippen LogP contribution in [-0.4, -0.2) is 66.2 Å². The van der Waals surface area contributed by atoms with Gasteiger partial charge in [0.15, 0.2) is 0 Å². The maximum absolute atomic E-state index is 12.8. The monoisotopic (exact) mass is 624 g/mol. The van der Waals surface area contributed by atoms with Gasteiger partial charge in [0, 0.05) is 30.4 Å². The SMILES string of the molecule is CC(C)(C)OC(=O)N1CCC[C@H]1c1nc(-c2cccc(-c3cccc(-c4cnc([C@@H]5CCCN5C(=O)OC(C)(C)C)[nH]4)c3)c2)c[nH]1. The van der Waals surface area contributed by atoms with Gasteiger partial charge in [-0.3, -0.25) is 9.80 Å². The molecule has 46 heavy (non-hydrogen) atoms. The zero-order chi connectivity index (χ0) is 32.6. The van der Waals surface area contributed by atoms with Crippen molar-refractivity contribution in [3.63, 3.8) is 0 Å². The van der Waals surface area contributed by atoms with Gasteiger partial charge in [0.25, 0.3) is 0 Å². The minimum atomic E-state index is -0.547. The molecule has 2 aromatic heterocycles. The Balaban J connectivity index is 1.19. The van der Waals surface area contributed by atoms with E-state index in [4.69, 9.17) is 14.5 Å². The summed E-state index contributed by atoms with van der Waals surface area (Å²) in [7, 11) is 0. The summed E-state index contributed by atoms with van der Waals surface area (Å²) in [5, 5.41) is 0. The summed E-state index contributed by atoms with van der Waals surface area (Å²) in [6, 6.07) is 16.4. The molecule has 0 radical (unpaired) electrons. The topological polar surface area (TPSA) is 116 Å². The van der Waals surface area contributed by atoms with Gasteiger partial charge in [-0.2, -0.15) is 0 Å². The molecule has 242 valence electrons. The highest BCUT2D eigenvalue weighted by Crippen LogP contribution is 2.35. The smallest absolute Gasteiger partial charge is 0.410 e. The quantitative estimate of drug-likeness (QED) is 0.231. The van der Waals surface area contributed by atoms with E-state index in [1.54, 1.807) is 9.80 Å². The van der Waals surface area contributed by atoms with Crippen LogP contribution in [0, 0.1) is 0 Å². The lowest BCUT2D eigenvalue weighted by atomic mass is 9.99. The number of hydrogen-bond donors (Lipinski definition) is 2. The van der Waals surface area contributed by atoms with Crippen LogP contribution in [0.5, 0.6) is 0 Å². The van der Waals surface area contributed by atoms with Crippen LogP contribution in [0.25, 0.3) is 33.6 Å². The molecular formula is C36H44N6O4. The highest BCUT2D eigenvalue weighted by molar-refractivity contribution is 5.75. The predicted octanol–water partition coefficient (Wildman–Crippen LogP) is 8.28. The number of aromatic amines is 2. The van der Waals surface area contributed by atoms with Crippen molar-refractivity contribution in [2.75, 3.05) is 13.1 Å². The number of hydrogen-bond acceptors (Lipinski definition) is 6. The number of nitrogens with zero attached hydrogens (tertiary/aromatic N) is 4. The average molecular weight is 625 g/mol. The summed E-state index contributed by atoms with van der Waals surface area (Å²) in [5.41, 5.74) is 4.75. The molecule has 2 saturated heterocycles. The maximum atomic E-state index is 12.8. The van der Waals surface area contributed by atoms with E-state index in [9.17, 15) is 9.59 Å². The van der Waals surface area contributed by atoms with Crippen molar-refractivity contribution in [1.82, 2.24) is 29.7 Å². The molecule has 0 aliphatic carbocycles. The molecule has 10 nitrogen and oxygen atoms in total. The predicted molar refractivity (Wildman–Crippen MR) is 177 cm³/mol. The molecule has 6 rings (SSSR count). The number of rotatable bonds is 5. The van der Waals surface area contributed by atoms with Gasteiger partial charge in [0.1, 0.15) is 22.9 Å². The number of likely N-dealkylation sites (tertiary alicyclic amines) is 2. The third-order valence-electron chi connectivity index (χ3n) is 8.25. The van der Waals surface area contributed by atoms with Gasteiger partial charge in [0.2, 0.25) is 0 Å². The Morgan fingerprint density at radius 2 is 1.28 bits per heavy atom. The summed E-state index contributed by atoms with van der Waals surface area (Å²) in [6.45, 7) is 12.6. The lowest BCUT2D eigenvalue weighted by Gasteiger charge is -2.27. The molecule has 0 unspecified atom stereocenters. The third-order valence-corrected chi connectivity index (χ3v) is 8.25. The summed E-state index contributed by atoms with van der Waals surface area (Å²) < 4.78 is 11.3. The van der Waals surface area contributed by atoms with Crippen molar-refractivity contribution in [3.8, 4) is 33.6 Å². The highest BCUT2D eigenvalue weighted by Gasteiger charge is 2.36. The van der Waals surface area contributed by atoms with Gasteiger partial charge < -0.3 is 19.4 Å². The molecule has 2 aliphatic heterocycles. The van der Waals surface area contributed by atoms with E-state index in [1.807, 2.05) is 72.1 Å². The number of imidazole rings is 2. The molecule has 2 amide bonds. The number of aromatic nitrogens is 4. The normalized spacial score (nSPS) is 18.7. The Labute approximate surface area is 270 Å². The lowest BCUT2D eigenvalue weighted by Crippen LogP contribution is -2.36. The number of benzene rings is 2. The first-order chi connectivity index (χ1) is 21.8. The molecule has 10 heteroatoms.